The Morgan fingerprint density at radius 2 is 1.90 bits per heavy atom. The average Bonchev–Trinajstić information content (AvgIpc) is 2.70. The highest BCUT2D eigenvalue weighted by atomic mass is 16.1. The maximum Gasteiger partial charge on any atom is 0.141 e. The van der Waals surface area contributed by atoms with Gasteiger partial charge < -0.3 is 0 Å². The second-order valence-corrected chi connectivity index (χ2v) is 9.03. The van der Waals surface area contributed by atoms with Crippen LogP contribution in [0.4, 0.5) is 0 Å². The molecule has 0 radical (unpaired) electrons. The minimum absolute atomic E-state index is 0.0221. The topological polar surface area (TPSA) is 17.1 Å². The lowest BCUT2D eigenvalue weighted by Crippen LogP contribution is -2.52. The quantitative estimate of drug-likeness (QED) is 0.572. The molecule has 0 spiro atoms. The van der Waals surface area contributed by atoms with Crippen molar-refractivity contribution in [2.75, 3.05) is 0 Å². The normalized spacial score (nSPS) is 55.8. The number of Topliss-reactive ketones (excluding diaryl/α,β-unsaturated/α-hetero) is 1. The second kappa shape index (κ2) is 4.46. The fourth-order valence-electron chi connectivity index (χ4n) is 6.95. The molecular formula is C20H30O. The Balaban J connectivity index is 1.68. The summed E-state index contributed by atoms with van der Waals surface area (Å²) in [4.78, 5) is 12.7. The molecule has 0 unspecified atom stereocenters. The molecule has 0 bridgehead atoms. The van der Waals surface area contributed by atoms with Crippen LogP contribution in [-0.2, 0) is 4.79 Å². The van der Waals surface area contributed by atoms with E-state index in [9.17, 15) is 4.79 Å². The summed E-state index contributed by atoms with van der Waals surface area (Å²) in [6, 6.07) is 0. The van der Waals surface area contributed by atoms with Gasteiger partial charge in [-0.1, -0.05) is 32.9 Å². The van der Waals surface area contributed by atoms with E-state index in [1.807, 2.05) is 0 Å². The molecule has 0 aromatic heterocycles. The summed E-state index contributed by atoms with van der Waals surface area (Å²) < 4.78 is 0. The van der Waals surface area contributed by atoms with Crippen molar-refractivity contribution in [2.45, 2.75) is 65.7 Å². The van der Waals surface area contributed by atoms with Crippen LogP contribution in [0.5, 0.6) is 0 Å². The molecule has 7 atom stereocenters. The molecule has 0 aliphatic heterocycles. The highest BCUT2D eigenvalue weighted by Gasteiger charge is 2.60. The fourth-order valence-corrected chi connectivity index (χ4v) is 6.95. The van der Waals surface area contributed by atoms with Crippen molar-refractivity contribution >= 4 is 5.78 Å². The van der Waals surface area contributed by atoms with Gasteiger partial charge in [-0.2, -0.15) is 0 Å². The predicted molar refractivity (Wildman–Crippen MR) is 85.8 cm³/mol. The molecule has 0 saturated heterocycles. The van der Waals surface area contributed by atoms with E-state index in [1.54, 1.807) is 0 Å². The largest absolute Gasteiger partial charge is 0.299 e. The molecule has 1 heteroatoms. The molecule has 0 aromatic carbocycles. The van der Waals surface area contributed by atoms with Crippen molar-refractivity contribution in [1.82, 2.24) is 0 Å². The van der Waals surface area contributed by atoms with E-state index in [0.717, 1.165) is 24.2 Å². The van der Waals surface area contributed by atoms with Crippen molar-refractivity contribution < 1.29 is 4.79 Å². The lowest BCUT2D eigenvalue weighted by Gasteiger charge is -2.58. The number of carbonyl (C=O) groups excluding carboxylic acids is 1. The van der Waals surface area contributed by atoms with Gasteiger partial charge in [-0.25, -0.2) is 0 Å². The first-order valence-electron chi connectivity index (χ1n) is 9.16. The van der Waals surface area contributed by atoms with Gasteiger partial charge in [-0.3, -0.25) is 4.79 Å². The minimum Gasteiger partial charge on any atom is -0.299 e. The van der Waals surface area contributed by atoms with Crippen molar-refractivity contribution in [2.24, 2.45) is 40.4 Å². The van der Waals surface area contributed by atoms with Crippen molar-refractivity contribution in [3.05, 3.63) is 12.2 Å². The number of rotatable bonds is 0. The SMILES string of the molecule is C[C@@H]1C[C@H]2[C@@H]3CC[C@H]4CC=CC[C@]4(C)[C@H]3CC[C@]2(C)C1=O. The number of hydrogen-bond acceptors (Lipinski definition) is 1. The Labute approximate surface area is 129 Å². The van der Waals surface area contributed by atoms with Gasteiger partial charge in [0.15, 0.2) is 0 Å². The summed E-state index contributed by atoms with van der Waals surface area (Å²) >= 11 is 0. The van der Waals surface area contributed by atoms with Crippen LogP contribution in [0.1, 0.15) is 65.7 Å². The van der Waals surface area contributed by atoms with Crippen LogP contribution in [0.2, 0.25) is 0 Å². The molecule has 0 aromatic rings. The Hall–Kier alpha value is -0.590. The Morgan fingerprint density at radius 3 is 2.71 bits per heavy atom. The molecule has 3 saturated carbocycles. The highest BCUT2D eigenvalue weighted by Crippen LogP contribution is 2.65. The van der Waals surface area contributed by atoms with Gasteiger partial charge in [0.2, 0.25) is 0 Å². The van der Waals surface area contributed by atoms with Crippen LogP contribution in [0.3, 0.4) is 0 Å². The van der Waals surface area contributed by atoms with Gasteiger partial charge in [-0.05, 0) is 74.0 Å². The van der Waals surface area contributed by atoms with Gasteiger partial charge in [-0.15, -0.1) is 0 Å². The zero-order chi connectivity index (χ0) is 14.8. The summed E-state index contributed by atoms with van der Waals surface area (Å²) in [5.74, 6) is 4.19. The molecule has 4 aliphatic rings. The number of hydrogen-bond donors (Lipinski definition) is 0. The van der Waals surface area contributed by atoms with Gasteiger partial charge in [0.1, 0.15) is 5.78 Å². The molecule has 21 heavy (non-hydrogen) atoms. The summed E-state index contributed by atoms with van der Waals surface area (Å²) in [5, 5.41) is 0. The zero-order valence-corrected chi connectivity index (χ0v) is 13.9. The molecule has 0 amide bonds. The van der Waals surface area contributed by atoms with E-state index < -0.39 is 0 Å². The molecule has 0 heterocycles. The summed E-state index contributed by atoms with van der Waals surface area (Å²) in [7, 11) is 0. The maximum atomic E-state index is 12.7. The van der Waals surface area contributed by atoms with Gasteiger partial charge in [0.25, 0.3) is 0 Å². The summed E-state index contributed by atoms with van der Waals surface area (Å²) in [6.45, 7) is 7.05. The first-order valence-corrected chi connectivity index (χ1v) is 9.16. The number of fused-ring (bicyclic) bond motifs is 5. The van der Waals surface area contributed by atoms with Crippen LogP contribution in [0.15, 0.2) is 12.2 Å². The third kappa shape index (κ3) is 1.72. The Bertz CT molecular complexity index is 492. The van der Waals surface area contributed by atoms with Crippen molar-refractivity contribution in [3.8, 4) is 0 Å². The van der Waals surface area contributed by atoms with E-state index in [-0.39, 0.29) is 5.41 Å². The molecule has 4 aliphatic carbocycles. The van der Waals surface area contributed by atoms with Crippen LogP contribution >= 0.6 is 0 Å². The van der Waals surface area contributed by atoms with Gasteiger partial charge >= 0.3 is 0 Å². The zero-order valence-electron chi connectivity index (χ0n) is 13.9. The summed E-state index contributed by atoms with van der Waals surface area (Å²) in [5.41, 5.74) is 0.544. The first-order chi connectivity index (χ1) is 9.97. The first kappa shape index (κ1) is 14.0. The van der Waals surface area contributed by atoms with E-state index in [4.69, 9.17) is 0 Å². The predicted octanol–water partition coefficient (Wildman–Crippen LogP) is 5.01. The molecule has 116 valence electrons. The lowest BCUT2D eigenvalue weighted by atomic mass is 9.46. The molecule has 0 N–H and O–H groups in total. The number of carbonyl (C=O) groups is 1. The van der Waals surface area contributed by atoms with Crippen LogP contribution in [0, 0.1) is 40.4 Å². The van der Waals surface area contributed by atoms with E-state index in [1.165, 1.54) is 38.5 Å². The Morgan fingerprint density at radius 1 is 1.10 bits per heavy atom. The van der Waals surface area contributed by atoms with Crippen LogP contribution < -0.4 is 0 Å². The maximum absolute atomic E-state index is 12.7. The van der Waals surface area contributed by atoms with Crippen LogP contribution in [0.25, 0.3) is 0 Å². The molecule has 4 rings (SSSR count). The monoisotopic (exact) mass is 286 g/mol. The van der Waals surface area contributed by atoms with Crippen molar-refractivity contribution in [3.63, 3.8) is 0 Å². The van der Waals surface area contributed by atoms with Crippen molar-refractivity contribution in [1.29, 1.82) is 0 Å². The van der Waals surface area contributed by atoms with Gasteiger partial charge in [0, 0.05) is 11.3 Å². The number of allylic oxidation sites excluding steroid dienone is 2. The van der Waals surface area contributed by atoms with Gasteiger partial charge in [0.05, 0.1) is 0 Å². The average molecular weight is 286 g/mol. The standard InChI is InChI=1S/C20H30O/c1-13-12-17-15-8-7-14-6-4-5-10-19(14,2)16(15)9-11-20(17,3)18(13)21/h4-5,13-17H,6-12H2,1-3H3/t13-,14-,15-,16+,17+,19+,20+/m1/s1. The third-order valence-electron chi connectivity index (χ3n) is 8.22. The molecular weight excluding hydrogens is 256 g/mol. The minimum atomic E-state index is 0.0221. The van der Waals surface area contributed by atoms with Crippen LogP contribution in [-0.4, -0.2) is 5.78 Å². The highest BCUT2D eigenvalue weighted by molar-refractivity contribution is 5.89. The lowest BCUT2D eigenvalue weighted by molar-refractivity contribution is -0.137. The van der Waals surface area contributed by atoms with E-state index in [2.05, 4.69) is 32.9 Å². The van der Waals surface area contributed by atoms with E-state index in [0.29, 0.717) is 23.0 Å². The molecule has 1 nitrogen and oxygen atoms in total. The number of ketones is 1. The molecule has 3 fully saturated rings. The summed E-state index contributed by atoms with van der Waals surface area (Å²) in [6.07, 6.45) is 13.9. The second-order valence-electron chi connectivity index (χ2n) is 9.03. The van der Waals surface area contributed by atoms with E-state index >= 15 is 0 Å². The third-order valence-corrected chi connectivity index (χ3v) is 8.22. The fraction of sp³-hybridized carbons (Fsp3) is 0.850. The smallest absolute Gasteiger partial charge is 0.141 e. The Kier molecular flexibility index (Phi) is 2.98.